The van der Waals surface area contributed by atoms with Gasteiger partial charge in [-0.25, -0.2) is 4.79 Å². The molecule has 2 nitrogen and oxygen atoms in total. The Morgan fingerprint density at radius 1 is 1.05 bits per heavy atom. The van der Waals surface area contributed by atoms with Crippen molar-refractivity contribution in [1.29, 1.82) is 0 Å². The van der Waals surface area contributed by atoms with Crippen molar-refractivity contribution in [2.24, 2.45) is 0 Å². The van der Waals surface area contributed by atoms with E-state index in [2.05, 4.69) is 10.7 Å². The van der Waals surface area contributed by atoms with E-state index in [1.165, 1.54) is 6.92 Å². The zero-order chi connectivity index (χ0) is 16.0. The van der Waals surface area contributed by atoms with E-state index >= 15 is 0 Å². The standard InChI is InChI=1S/C18H14F2O2/c1-2-22-17(21)18(19,20)13-12-14-8-10-16(11-9-14)15-6-4-3-5-7-15/h3-11H,2H2,1H3. The summed E-state index contributed by atoms with van der Waals surface area (Å²) in [5.41, 5.74) is 2.39. The zero-order valence-electron chi connectivity index (χ0n) is 12.0. The maximum Gasteiger partial charge on any atom is 0.403 e. The molecular weight excluding hydrogens is 286 g/mol. The molecule has 0 radical (unpaired) electrons. The van der Waals surface area contributed by atoms with Gasteiger partial charge in [0.1, 0.15) is 0 Å². The largest absolute Gasteiger partial charge is 0.461 e. The van der Waals surface area contributed by atoms with Crippen molar-refractivity contribution in [3.05, 3.63) is 60.2 Å². The summed E-state index contributed by atoms with van der Waals surface area (Å²) in [7, 11) is 0. The SMILES string of the molecule is CCOC(=O)C(F)(F)C#Cc1ccc(-c2ccccc2)cc1. The number of rotatable bonds is 3. The van der Waals surface area contributed by atoms with Crippen LogP contribution >= 0.6 is 0 Å². The molecule has 0 fully saturated rings. The van der Waals surface area contributed by atoms with Crippen LogP contribution in [0.25, 0.3) is 11.1 Å². The highest BCUT2D eigenvalue weighted by Crippen LogP contribution is 2.19. The van der Waals surface area contributed by atoms with Crippen LogP contribution in [-0.2, 0) is 9.53 Å². The van der Waals surface area contributed by atoms with Gasteiger partial charge in [-0.3, -0.25) is 0 Å². The van der Waals surface area contributed by atoms with Gasteiger partial charge in [0.25, 0.3) is 0 Å². The molecule has 0 saturated carbocycles. The summed E-state index contributed by atoms with van der Waals surface area (Å²) >= 11 is 0. The Morgan fingerprint density at radius 3 is 2.23 bits per heavy atom. The molecule has 112 valence electrons. The van der Waals surface area contributed by atoms with Crippen LogP contribution in [0.1, 0.15) is 12.5 Å². The van der Waals surface area contributed by atoms with Gasteiger partial charge in [0, 0.05) is 5.56 Å². The number of ether oxygens (including phenoxy) is 1. The summed E-state index contributed by atoms with van der Waals surface area (Å²) in [4.78, 5) is 11.1. The van der Waals surface area contributed by atoms with Crippen LogP contribution in [0.5, 0.6) is 0 Å². The van der Waals surface area contributed by atoms with Gasteiger partial charge in [0.05, 0.1) is 6.61 Å². The highest BCUT2D eigenvalue weighted by molar-refractivity contribution is 5.81. The first kappa shape index (κ1) is 15.7. The lowest BCUT2D eigenvalue weighted by Crippen LogP contribution is -2.29. The van der Waals surface area contributed by atoms with Crippen molar-refractivity contribution < 1.29 is 18.3 Å². The predicted octanol–water partition coefficient (Wildman–Crippen LogP) is 3.90. The molecule has 0 saturated heterocycles. The summed E-state index contributed by atoms with van der Waals surface area (Å²) in [6, 6.07) is 16.5. The molecule has 0 unspecified atom stereocenters. The Morgan fingerprint density at radius 2 is 1.64 bits per heavy atom. The number of benzene rings is 2. The van der Waals surface area contributed by atoms with E-state index < -0.39 is 11.9 Å². The van der Waals surface area contributed by atoms with Crippen LogP contribution in [0.15, 0.2) is 54.6 Å². The van der Waals surface area contributed by atoms with Crippen LogP contribution in [-0.4, -0.2) is 18.5 Å². The molecule has 22 heavy (non-hydrogen) atoms. The van der Waals surface area contributed by atoms with Gasteiger partial charge in [-0.2, -0.15) is 8.78 Å². The number of halogens is 2. The number of alkyl halides is 2. The van der Waals surface area contributed by atoms with Crippen molar-refractivity contribution in [2.75, 3.05) is 6.61 Å². The first-order valence-electron chi connectivity index (χ1n) is 6.76. The first-order valence-corrected chi connectivity index (χ1v) is 6.76. The van der Waals surface area contributed by atoms with E-state index in [0.717, 1.165) is 11.1 Å². The summed E-state index contributed by atoms with van der Waals surface area (Å²) in [5, 5.41) is 0. The number of carbonyl (C=O) groups is 1. The molecule has 0 bridgehead atoms. The second kappa shape index (κ2) is 6.86. The number of hydrogen-bond acceptors (Lipinski definition) is 2. The topological polar surface area (TPSA) is 26.3 Å². The van der Waals surface area contributed by atoms with E-state index in [4.69, 9.17) is 0 Å². The Kier molecular flexibility index (Phi) is 4.90. The monoisotopic (exact) mass is 300 g/mol. The molecule has 0 aliphatic heterocycles. The van der Waals surface area contributed by atoms with Gasteiger partial charge in [0.2, 0.25) is 0 Å². The van der Waals surface area contributed by atoms with Crippen molar-refractivity contribution >= 4 is 5.97 Å². The molecule has 0 amide bonds. The third kappa shape index (κ3) is 3.92. The summed E-state index contributed by atoms with van der Waals surface area (Å²) in [6.45, 7) is 1.35. The molecule has 0 aliphatic rings. The lowest BCUT2D eigenvalue weighted by molar-refractivity contribution is -0.163. The summed E-state index contributed by atoms with van der Waals surface area (Å²) < 4.78 is 31.1. The zero-order valence-corrected chi connectivity index (χ0v) is 12.0. The third-order valence-electron chi connectivity index (χ3n) is 2.89. The second-order valence-corrected chi connectivity index (χ2v) is 4.49. The fraction of sp³-hybridized carbons (Fsp3) is 0.167. The number of hydrogen-bond donors (Lipinski definition) is 0. The van der Waals surface area contributed by atoms with Crippen molar-refractivity contribution in [1.82, 2.24) is 0 Å². The lowest BCUT2D eigenvalue weighted by Gasteiger charge is -2.07. The molecular formula is C18H14F2O2. The molecule has 0 heterocycles. The van der Waals surface area contributed by atoms with E-state index in [9.17, 15) is 13.6 Å². The summed E-state index contributed by atoms with van der Waals surface area (Å²) in [6.07, 6.45) is 0. The van der Waals surface area contributed by atoms with E-state index in [0.29, 0.717) is 5.56 Å². The molecule has 2 rings (SSSR count). The van der Waals surface area contributed by atoms with Gasteiger partial charge in [-0.05, 0) is 36.1 Å². The molecule has 0 aromatic heterocycles. The maximum atomic E-state index is 13.4. The molecule has 2 aromatic rings. The van der Waals surface area contributed by atoms with Crippen LogP contribution in [0.2, 0.25) is 0 Å². The lowest BCUT2D eigenvalue weighted by atomic mass is 10.0. The van der Waals surface area contributed by atoms with E-state index in [1.807, 2.05) is 30.3 Å². The third-order valence-corrected chi connectivity index (χ3v) is 2.89. The molecule has 4 heteroatoms. The molecule has 0 aliphatic carbocycles. The molecule has 0 atom stereocenters. The van der Waals surface area contributed by atoms with Gasteiger partial charge < -0.3 is 4.74 Å². The molecule has 0 N–H and O–H groups in total. The fourth-order valence-corrected chi connectivity index (χ4v) is 1.80. The Hall–Kier alpha value is -2.67. The second-order valence-electron chi connectivity index (χ2n) is 4.49. The molecule has 0 spiro atoms. The highest BCUT2D eigenvalue weighted by atomic mass is 19.3. The Bertz CT molecular complexity index is 695. The average molecular weight is 300 g/mol. The fourth-order valence-electron chi connectivity index (χ4n) is 1.80. The number of carbonyl (C=O) groups excluding carboxylic acids is 1. The Labute approximate surface area is 127 Å². The van der Waals surface area contributed by atoms with Crippen LogP contribution in [0, 0.1) is 11.8 Å². The predicted molar refractivity (Wildman–Crippen MR) is 80.3 cm³/mol. The van der Waals surface area contributed by atoms with Crippen LogP contribution < -0.4 is 0 Å². The summed E-state index contributed by atoms with van der Waals surface area (Å²) in [5.74, 6) is -1.46. The quantitative estimate of drug-likeness (QED) is 0.634. The minimum atomic E-state index is -3.80. The molecule has 2 aromatic carbocycles. The number of esters is 1. The van der Waals surface area contributed by atoms with E-state index in [1.54, 1.807) is 30.2 Å². The van der Waals surface area contributed by atoms with Crippen LogP contribution in [0.3, 0.4) is 0 Å². The van der Waals surface area contributed by atoms with Crippen LogP contribution in [0.4, 0.5) is 8.78 Å². The Balaban J connectivity index is 2.16. The normalized spacial score (nSPS) is 10.5. The van der Waals surface area contributed by atoms with E-state index in [-0.39, 0.29) is 6.61 Å². The minimum Gasteiger partial charge on any atom is -0.461 e. The minimum absolute atomic E-state index is 0.109. The van der Waals surface area contributed by atoms with Crippen molar-refractivity contribution in [2.45, 2.75) is 12.8 Å². The maximum absolute atomic E-state index is 13.4. The van der Waals surface area contributed by atoms with Gasteiger partial charge in [-0.15, -0.1) is 0 Å². The van der Waals surface area contributed by atoms with Crippen molar-refractivity contribution in [3.63, 3.8) is 0 Å². The smallest absolute Gasteiger partial charge is 0.403 e. The van der Waals surface area contributed by atoms with Gasteiger partial charge >= 0.3 is 11.9 Å². The average Bonchev–Trinajstić information content (AvgIpc) is 2.54. The van der Waals surface area contributed by atoms with Gasteiger partial charge in [-0.1, -0.05) is 48.4 Å². The highest BCUT2D eigenvalue weighted by Gasteiger charge is 2.38. The van der Waals surface area contributed by atoms with Crippen molar-refractivity contribution in [3.8, 4) is 23.0 Å². The first-order chi connectivity index (χ1) is 10.5. The van der Waals surface area contributed by atoms with Gasteiger partial charge in [0.15, 0.2) is 0 Å².